The summed E-state index contributed by atoms with van der Waals surface area (Å²) in [7, 11) is 0. The lowest BCUT2D eigenvalue weighted by molar-refractivity contribution is 0.713. The summed E-state index contributed by atoms with van der Waals surface area (Å²) < 4.78 is 0. The van der Waals surface area contributed by atoms with Gasteiger partial charge in [-0.15, -0.1) is 0 Å². The maximum Gasteiger partial charge on any atom is 0.0538 e. The number of nitrogens with two attached hydrogens (primary N) is 2. The quantitative estimate of drug-likeness (QED) is 0.379. The zero-order valence-electron chi connectivity index (χ0n) is 7.40. The second-order valence-corrected chi connectivity index (χ2v) is 3.38. The van der Waals surface area contributed by atoms with E-state index in [-0.39, 0.29) is 6.04 Å². The van der Waals surface area contributed by atoms with Gasteiger partial charge in [0.25, 0.3) is 0 Å². The van der Waals surface area contributed by atoms with Crippen LogP contribution in [0.15, 0.2) is 23.3 Å². The summed E-state index contributed by atoms with van der Waals surface area (Å²) in [5.74, 6) is 5.08. The molecule has 68 valence electrons. The van der Waals surface area contributed by atoms with E-state index in [0.29, 0.717) is 0 Å². The van der Waals surface area contributed by atoms with E-state index in [9.17, 15) is 0 Å². The number of hydrazone groups is 1. The van der Waals surface area contributed by atoms with Crippen molar-refractivity contribution in [2.45, 2.75) is 18.9 Å². The highest BCUT2D eigenvalue weighted by molar-refractivity contribution is 5.79. The number of hydrogen-bond donors (Lipinski definition) is 2. The van der Waals surface area contributed by atoms with Crippen molar-refractivity contribution in [2.75, 3.05) is 0 Å². The van der Waals surface area contributed by atoms with E-state index >= 15 is 0 Å². The van der Waals surface area contributed by atoms with Gasteiger partial charge in [-0.25, -0.2) is 0 Å². The molecule has 1 aromatic carbocycles. The lowest BCUT2D eigenvalue weighted by Gasteiger charge is -2.04. The Labute approximate surface area is 77.4 Å². The van der Waals surface area contributed by atoms with Crippen LogP contribution < -0.4 is 11.6 Å². The first-order valence-corrected chi connectivity index (χ1v) is 4.43. The molecule has 0 fully saturated rings. The van der Waals surface area contributed by atoms with E-state index in [1.807, 2.05) is 6.07 Å². The highest BCUT2D eigenvalue weighted by Gasteiger charge is 2.18. The zero-order chi connectivity index (χ0) is 9.26. The van der Waals surface area contributed by atoms with Crippen molar-refractivity contribution in [2.24, 2.45) is 16.7 Å². The average Bonchev–Trinajstić information content (AvgIpc) is 2.48. The Morgan fingerprint density at radius 2 is 2.31 bits per heavy atom. The summed E-state index contributed by atoms with van der Waals surface area (Å²) in [6.45, 7) is 0. The van der Waals surface area contributed by atoms with Crippen molar-refractivity contribution >= 4 is 6.21 Å². The highest BCUT2D eigenvalue weighted by atomic mass is 15.1. The van der Waals surface area contributed by atoms with E-state index in [1.165, 1.54) is 11.1 Å². The molecule has 1 aliphatic carbocycles. The van der Waals surface area contributed by atoms with Gasteiger partial charge < -0.3 is 11.6 Å². The fourth-order valence-electron chi connectivity index (χ4n) is 1.84. The number of aryl methyl sites for hydroxylation is 1. The van der Waals surface area contributed by atoms with Gasteiger partial charge in [-0.1, -0.05) is 12.1 Å². The SMILES string of the molecule is N/N=C/c1ccc2c(c1)CCC2N. The average molecular weight is 175 g/mol. The Bertz CT molecular complexity index is 344. The normalized spacial score (nSPS) is 20.8. The van der Waals surface area contributed by atoms with Crippen molar-refractivity contribution in [1.29, 1.82) is 0 Å². The van der Waals surface area contributed by atoms with Crippen LogP contribution in [0.25, 0.3) is 0 Å². The molecule has 4 N–H and O–H groups in total. The molecule has 0 heterocycles. The largest absolute Gasteiger partial charge is 0.324 e. The smallest absolute Gasteiger partial charge is 0.0538 e. The minimum absolute atomic E-state index is 0.221. The third kappa shape index (κ3) is 1.42. The molecular weight excluding hydrogens is 162 g/mol. The van der Waals surface area contributed by atoms with Crippen molar-refractivity contribution in [1.82, 2.24) is 0 Å². The molecule has 2 rings (SSSR count). The Morgan fingerprint density at radius 1 is 1.46 bits per heavy atom. The Hall–Kier alpha value is -1.35. The fraction of sp³-hybridized carbons (Fsp3) is 0.300. The van der Waals surface area contributed by atoms with Gasteiger partial charge in [-0.2, -0.15) is 5.10 Å². The van der Waals surface area contributed by atoms with Crippen LogP contribution in [-0.4, -0.2) is 6.21 Å². The molecule has 1 aliphatic rings. The first-order chi connectivity index (χ1) is 6.31. The van der Waals surface area contributed by atoms with Crippen LogP contribution in [0.1, 0.15) is 29.2 Å². The molecule has 1 unspecified atom stereocenters. The minimum atomic E-state index is 0.221. The molecule has 0 aromatic heterocycles. The molecule has 0 amide bonds. The van der Waals surface area contributed by atoms with Crippen LogP contribution in [0, 0.1) is 0 Å². The predicted molar refractivity (Wildman–Crippen MR) is 53.5 cm³/mol. The first kappa shape index (κ1) is 8.26. The number of nitrogens with zero attached hydrogens (tertiary/aromatic N) is 1. The summed E-state index contributed by atoms with van der Waals surface area (Å²) >= 11 is 0. The van der Waals surface area contributed by atoms with Crippen LogP contribution in [0.3, 0.4) is 0 Å². The van der Waals surface area contributed by atoms with Crippen molar-refractivity contribution in [3.8, 4) is 0 Å². The van der Waals surface area contributed by atoms with E-state index < -0.39 is 0 Å². The summed E-state index contributed by atoms with van der Waals surface area (Å²) in [6, 6.07) is 6.40. The molecule has 1 atom stereocenters. The van der Waals surface area contributed by atoms with E-state index in [1.54, 1.807) is 6.21 Å². The molecule has 0 spiro atoms. The molecule has 1 aromatic rings. The summed E-state index contributed by atoms with van der Waals surface area (Å²) in [4.78, 5) is 0. The minimum Gasteiger partial charge on any atom is -0.324 e. The summed E-state index contributed by atoms with van der Waals surface area (Å²) in [5.41, 5.74) is 9.57. The topological polar surface area (TPSA) is 64.4 Å². The van der Waals surface area contributed by atoms with Crippen molar-refractivity contribution in [3.63, 3.8) is 0 Å². The van der Waals surface area contributed by atoms with Gasteiger partial charge in [0.1, 0.15) is 0 Å². The molecule has 13 heavy (non-hydrogen) atoms. The first-order valence-electron chi connectivity index (χ1n) is 4.43. The van der Waals surface area contributed by atoms with Crippen LogP contribution in [-0.2, 0) is 6.42 Å². The standard InChI is InChI=1S/C10H13N3/c11-10-4-2-8-5-7(6-13-12)1-3-9(8)10/h1,3,5-6,10H,2,4,11-12H2/b13-6+. The summed E-state index contributed by atoms with van der Waals surface area (Å²) in [6.07, 6.45) is 3.78. The lowest BCUT2D eigenvalue weighted by atomic mass is 10.1. The van der Waals surface area contributed by atoms with Crippen LogP contribution in [0.2, 0.25) is 0 Å². The Kier molecular flexibility index (Phi) is 2.02. The number of fused-ring (bicyclic) bond motifs is 1. The number of rotatable bonds is 1. The number of hydrogen-bond acceptors (Lipinski definition) is 3. The second-order valence-electron chi connectivity index (χ2n) is 3.38. The fourth-order valence-corrected chi connectivity index (χ4v) is 1.84. The highest BCUT2D eigenvalue weighted by Crippen LogP contribution is 2.29. The van der Waals surface area contributed by atoms with Gasteiger partial charge in [-0.05, 0) is 35.6 Å². The number of benzene rings is 1. The second kappa shape index (κ2) is 3.18. The van der Waals surface area contributed by atoms with Gasteiger partial charge in [-0.3, -0.25) is 0 Å². The van der Waals surface area contributed by atoms with E-state index in [2.05, 4.69) is 17.2 Å². The molecule has 0 bridgehead atoms. The molecule has 0 saturated heterocycles. The molecule has 3 heteroatoms. The Balaban J connectivity index is 2.39. The molecule has 0 aliphatic heterocycles. The zero-order valence-corrected chi connectivity index (χ0v) is 7.40. The lowest BCUT2D eigenvalue weighted by Crippen LogP contribution is -2.04. The van der Waals surface area contributed by atoms with Crippen LogP contribution >= 0.6 is 0 Å². The van der Waals surface area contributed by atoms with Gasteiger partial charge in [0, 0.05) is 6.04 Å². The van der Waals surface area contributed by atoms with Crippen molar-refractivity contribution < 1.29 is 0 Å². The molecule has 0 saturated carbocycles. The van der Waals surface area contributed by atoms with Gasteiger partial charge >= 0.3 is 0 Å². The van der Waals surface area contributed by atoms with Crippen LogP contribution in [0.4, 0.5) is 0 Å². The van der Waals surface area contributed by atoms with Gasteiger partial charge in [0.05, 0.1) is 6.21 Å². The predicted octanol–water partition coefficient (Wildman–Crippen LogP) is 0.925. The third-order valence-corrected chi connectivity index (χ3v) is 2.51. The van der Waals surface area contributed by atoms with Gasteiger partial charge in [0.2, 0.25) is 0 Å². The molecule has 3 nitrogen and oxygen atoms in total. The maximum absolute atomic E-state index is 5.91. The van der Waals surface area contributed by atoms with Crippen LogP contribution in [0.5, 0.6) is 0 Å². The maximum atomic E-state index is 5.91. The van der Waals surface area contributed by atoms with Crippen molar-refractivity contribution in [3.05, 3.63) is 34.9 Å². The van der Waals surface area contributed by atoms with Gasteiger partial charge in [0.15, 0.2) is 0 Å². The summed E-state index contributed by atoms with van der Waals surface area (Å²) in [5, 5.41) is 3.49. The monoisotopic (exact) mass is 175 g/mol. The molecule has 0 radical (unpaired) electrons. The van der Waals surface area contributed by atoms with E-state index in [0.717, 1.165) is 18.4 Å². The van der Waals surface area contributed by atoms with E-state index in [4.69, 9.17) is 11.6 Å². The molecular formula is C10H13N3. The third-order valence-electron chi connectivity index (χ3n) is 2.51. The Morgan fingerprint density at radius 3 is 3.08 bits per heavy atom.